The predicted molar refractivity (Wildman–Crippen MR) is 99.1 cm³/mol. The van der Waals surface area contributed by atoms with Crippen LogP contribution in [-0.2, 0) is 14.6 Å². The van der Waals surface area contributed by atoms with E-state index < -0.39 is 9.84 Å². The molecule has 0 spiro atoms. The zero-order valence-corrected chi connectivity index (χ0v) is 16.3. The van der Waals surface area contributed by atoms with Crippen LogP contribution in [0.15, 0.2) is 29.4 Å². The molecule has 1 saturated heterocycles. The minimum Gasteiger partial charge on any atom is -0.338 e. The lowest BCUT2D eigenvalue weighted by Gasteiger charge is -2.26. The van der Waals surface area contributed by atoms with Gasteiger partial charge in [-0.3, -0.25) is 4.79 Å². The lowest BCUT2D eigenvalue weighted by Crippen LogP contribution is -2.42. The second kappa shape index (κ2) is 7.75. The Morgan fingerprint density at radius 3 is 2.88 bits per heavy atom. The Balaban J connectivity index is 1.67. The molecule has 3 rings (SSSR count). The monoisotopic (exact) mass is 395 g/mol. The molecule has 140 valence electrons. The van der Waals surface area contributed by atoms with E-state index in [0.29, 0.717) is 18.1 Å². The van der Waals surface area contributed by atoms with Crippen LogP contribution in [0.5, 0.6) is 0 Å². The van der Waals surface area contributed by atoms with Crippen LogP contribution in [0.4, 0.5) is 0 Å². The Labute approximate surface area is 156 Å². The molecular weight excluding hydrogens is 374 g/mol. The second-order valence-corrected chi connectivity index (χ2v) is 9.41. The van der Waals surface area contributed by atoms with Gasteiger partial charge in [-0.2, -0.15) is 4.68 Å². The standard InChI is InChI=1S/C16H21N5O3S2/c1-3-20(14-7-8-26(23,24)11-14)15(22)10-25-16-17-18-19-21(16)13-6-4-5-12(2)9-13/h4-6,9,14H,3,7-8,10-11H2,1-2H3. The van der Waals surface area contributed by atoms with E-state index in [9.17, 15) is 13.2 Å². The molecular formula is C16H21N5O3S2. The minimum atomic E-state index is -3.03. The number of aromatic nitrogens is 4. The molecule has 1 aromatic heterocycles. The zero-order valence-electron chi connectivity index (χ0n) is 14.7. The van der Waals surface area contributed by atoms with Gasteiger partial charge in [0.05, 0.1) is 22.9 Å². The van der Waals surface area contributed by atoms with Crippen LogP contribution >= 0.6 is 11.8 Å². The first kappa shape index (κ1) is 18.8. The molecule has 0 bridgehead atoms. The number of benzene rings is 1. The number of nitrogens with zero attached hydrogens (tertiary/aromatic N) is 5. The molecule has 1 unspecified atom stereocenters. The number of thioether (sulfide) groups is 1. The summed E-state index contributed by atoms with van der Waals surface area (Å²) in [4.78, 5) is 14.3. The van der Waals surface area contributed by atoms with Gasteiger partial charge in [-0.05, 0) is 48.4 Å². The van der Waals surface area contributed by atoms with Gasteiger partial charge in [0.15, 0.2) is 9.84 Å². The van der Waals surface area contributed by atoms with Gasteiger partial charge in [0.25, 0.3) is 0 Å². The van der Waals surface area contributed by atoms with E-state index in [2.05, 4.69) is 15.5 Å². The maximum Gasteiger partial charge on any atom is 0.233 e. The smallest absolute Gasteiger partial charge is 0.233 e. The van der Waals surface area contributed by atoms with Gasteiger partial charge >= 0.3 is 0 Å². The summed E-state index contributed by atoms with van der Waals surface area (Å²) in [6, 6.07) is 7.54. The molecule has 1 aliphatic heterocycles. The number of carbonyl (C=O) groups excluding carboxylic acids is 1. The minimum absolute atomic E-state index is 0.0538. The molecule has 1 fully saturated rings. The highest BCUT2D eigenvalue weighted by atomic mass is 32.2. The van der Waals surface area contributed by atoms with Crippen LogP contribution < -0.4 is 0 Å². The van der Waals surface area contributed by atoms with E-state index in [1.807, 2.05) is 38.1 Å². The summed E-state index contributed by atoms with van der Waals surface area (Å²) in [5.74, 6) is 0.271. The van der Waals surface area contributed by atoms with Crippen molar-refractivity contribution >= 4 is 27.5 Å². The van der Waals surface area contributed by atoms with Crippen molar-refractivity contribution in [2.24, 2.45) is 0 Å². The molecule has 8 nitrogen and oxygen atoms in total. The Morgan fingerprint density at radius 1 is 1.42 bits per heavy atom. The number of sulfone groups is 1. The molecule has 1 atom stereocenters. The molecule has 0 saturated carbocycles. The molecule has 1 amide bonds. The summed E-state index contributed by atoms with van der Waals surface area (Å²) in [5.41, 5.74) is 1.92. The maximum absolute atomic E-state index is 12.6. The molecule has 0 radical (unpaired) electrons. The first-order valence-corrected chi connectivity index (χ1v) is 11.2. The molecule has 2 aromatic rings. The van der Waals surface area contributed by atoms with Crippen LogP contribution in [-0.4, -0.2) is 69.3 Å². The van der Waals surface area contributed by atoms with E-state index in [4.69, 9.17) is 0 Å². The third kappa shape index (κ3) is 4.24. The van der Waals surface area contributed by atoms with Gasteiger partial charge in [0, 0.05) is 12.6 Å². The summed E-state index contributed by atoms with van der Waals surface area (Å²) >= 11 is 1.25. The summed E-state index contributed by atoms with van der Waals surface area (Å²) < 4.78 is 25.0. The highest BCUT2D eigenvalue weighted by Crippen LogP contribution is 2.22. The number of aryl methyl sites for hydroxylation is 1. The van der Waals surface area contributed by atoms with Crippen molar-refractivity contribution in [1.29, 1.82) is 0 Å². The van der Waals surface area contributed by atoms with Crippen LogP contribution in [0.3, 0.4) is 0 Å². The van der Waals surface area contributed by atoms with Crippen LogP contribution in [0.25, 0.3) is 5.69 Å². The van der Waals surface area contributed by atoms with Crippen molar-refractivity contribution in [1.82, 2.24) is 25.1 Å². The molecule has 26 heavy (non-hydrogen) atoms. The summed E-state index contributed by atoms with van der Waals surface area (Å²) in [6.45, 7) is 4.34. The van der Waals surface area contributed by atoms with Crippen LogP contribution in [0.2, 0.25) is 0 Å². The number of rotatable bonds is 6. The Bertz CT molecular complexity index is 897. The average Bonchev–Trinajstić information content (AvgIpc) is 3.20. The number of hydrogen-bond acceptors (Lipinski definition) is 7. The van der Waals surface area contributed by atoms with Crippen molar-refractivity contribution in [3.63, 3.8) is 0 Å². The first-order valence-electron chi connectivity index (χ1n) is 8.37. The predicted octanol–water partition coefficient (Wildman–Crippen LogP) is 1.10. The van der Waals surface area contributed by atoms with Gasteiger partial charge in [0.2, 0.25) is 11.1 Å². The molecule has 2 heterocycles. The van der Waals surface area contributed by atoms with Gasteiger partial charge in [-0.1, -0.05) is 23.9 Å². The van der Waals surface area contributed by atoms with E-state index in [1.165, 1.54) is 11.8 Å². The van der Waals surface area contributed by atoms with Gasteiger partial charge in [-0.15, -0.1) is 5.10 Å². The largest absolute Gasteiger partial charge is 0.338 e. The third-order valence-corrected chi connectivity index (χ3v) is 6.98. The lowest BCUT2D eigenvalue weighted by molar-refractivity contribution is -0.129. The number of amides is 1. The average molecular weight is 396 g/mol. The van der Waals surface area contributed by atoms with Crippen LogP contribution in [0.1, 0.15) is 18.9 Å². The second-order valence-electron chi connectivity index (χ2n) is 6.24. The van der Waals surface area contributed by atoms with Crippen molar-refractivity contribution in [3.8, 4) is 5.69 Å². The van der Waals surface area contributed by atoms with E-state index in [1.54, 1.807) is 9.58 Å². The zero-order chi connectivity index (χ0) is 18.7. The Kier molecular flexibility index (Phi) is 5.61. The SMILES string of the molecule is CCN(C(=O)CSc1nnnn1-c1cccc(C)c1)C1CCS(=O)(=O)C1. The topological polar surface area (TPSA) is 98.1 Å². The third-order valence-electron chi connectivity index (χ3n) is 4.32. The molecule has 0 aliphatic carbocycles. The van der Waals surface area contributed by atoms with Crippen molar-refractivity contribution in [2.45, 2.75) is 31.5 Å². The molecule has 0 N–H and O–H groups in total. The van der Waals surface area contributed by atoms with Crippen molar-refractivity contribution in [2.75, 3.05) is 23.8 Å². The van der Waals surface area contributed by atoms with Crippen molar-refractivity contribution < 1.29 is 13.2 Å². The molecule has 1 aromatic carbocycles. The lowest BCUT2D eigenvalue weighted by atomic mass is 10.2. The fourth-order valence-electron chi connectivity index (χ4n) is 3.06. The Morgan fingerprint density at radius 2 is 2.23 bits per heavy atom. The summed E-state index contributed by atoms with van der Waals surface area (Å²) in [7, 11) is -3.03. The highest BCUT2D eigenvalue weighted by Gasteiger charge is 2.33. The molecule has 10 heteroatoms. The summed E-state index contributed by atoms with van der Waals surface area (Å²) in [5, 5.41) is 12.2. The van der Waals surface area contributed by atoms with E-state index >= 15 is 0 Å². The van der Waals surface area contributed by atoms with Gasteiger partial charge < -0.3 is 4.90 Å². The quantitative estimate of drug-likeness (QED) is 0.676. The Hall–Kier alpha value is -1.94. The number of carbonyl (C=O) groups is 1. The van der Waals surface area contributed by atoms with Gasteiger partial charge in [-0.25, -0.2) is 8.42 Å². The number of tetrazole rings is 1. The highest BCUT2D eigenvalue weighted by molar-refractivity contribution is 7.99. The van der Waals surface area contributed by atoms with Crippen LogP contribution in [0, 0.1) is 6.92 Å². The molecule has 1 aliphatic rings. The first-order chi connectivity index (χ1) is 12.4. The van der Waals surface area contributed by atoms with E-state index in [0.717, 1.165) is 11.3 Å². The van der Waals surface area contributed by atoms with Crippen molar-refractivity contribution in [3.05, 3.63) is 29.8 Å². The fraction of sp³-hybridized carbons (Fsp3) is 0.500. The summed E-state index contributed by atoms with van der Waals surface area (Å²) in [6.07, 6.45) is 0.508. The fourth-order valence-corrected chi connectivity index (χ4v) is 5.57. The van der Waals surface area contributed by atoms with E-state index in [-0.39, 0.29) is 29.2 Å². The maximum atomic E-state index is 12.6. The van der Waals surface area contributed by atoms with Gasteiger partial charge in [0.1, 0.15) is 0 Å². The normalized spacial score (nSPS) is 18.8. The number of hydrogen-bond donors (Lipinski definition) is 0.